The van der Waals surface area contributed by atoms with Crippen molar-refractivity contribution >= 4 is 11.8 Å². The van der Waals surface area contributed by atoms with Gasteiger partial charge in [-0.05, 0) is 16.7 Å². The van der Waals surface area contributed by atoms with Gasteiger partial charge in [-0.25, -0.2) is 0 Å². The summed E-state index contributed by atoms with van der Waals surface area (Å²) in [7, 11) is 0. The second-order valence-corrected chi connectivity index (χ2v) is 7.20. The van der Waals surface area contributed by atoms with Gasteiger partial charge in [0, 0.05) is 39.1 Å². The Morgan fingerprint density at radius 3 is 2.31 bits per heavy atom. The van der Waals surface area contributed by atoms with E-state index in [9.17, 15) is 9.59 Å². The van der Waals surface area contributed by atoms with Gasteiger partial charge in [-0.2, -0.15) is 0 Å². The van der Waals surface area contributed by atoms with E-state index in [4.69, 9.17) is 4.74 Å². The third-order valence-corrected chi connectivity index (χ3v) is 4.97. The summed E-state index contributed by atoms with van der Waals surface area (Å²) in [4.78, 5) is 26.5. The highest BCUT2D eigenvalue weighted by Crippen LogP contribution is 2.13. The molecule has 1 fully saturated rings. The van der Waals surface area contributed by atoms with Crippen LogP contribution >= 0.6 is 0 Å². The van der Waals surface area contributed by atoms with Crippen molar-refractivity contribution in [2.24, 2.45) is 0 Å². The summed E-state index contributed by atoms with van der Waals surface area (Å²) in [5.74, 6) is -0.133. The van der Waals surface area contributed by atoms with Gasteiger partial charge in [0.25, 0.3) is 0 Å². The predicted octanol–water partition coefficient (Wildman–Crippen LogP) is 1.88. The number of nitrogens with zero attached hydrogens (tertiary/aromatic N) is 1. The van der Waals surface area contributed by atoms with E-state index in [1.54, 1.807) is 0 Å². The van der Waals surface area contributed by atoms with Crippen molar-refractivity contribution < 1.29 is 14.3 Å². The second kappa shape index (κ2) is 11.3. The molecule has 0 aromatic heterocycles. The highest BCUT2D eigenvalue weighted by molar-refractivity contribution is 5.80. The van der Waals surface area contributed by atoms with E-state index in [0.29, 0.717) is 19.5 Å². The van der Waals surface area contributed by atoms with Crippen molar-refractivity contribution in [1.29, 1.82) is 0 Å². The number of ether oxygens (including phenoxy) is 1. The third-order valence-electron chi connectivity index (χ3n) is 4.97. The van der Waals surface area contributed by atoms with E-state index in [1.165, 1.54) is 5.56 Å². The van der Waals surface area contributed by atoms with Gasteiger partial charge in [-0.15, -0.1) is 0 Å². The number of amides is 2. The summed E-state index contributed by atoms with van der Waals surface area (Å²) in [6.45, 7) is 5.12. The molecule has 0 saturated carbocycles. The van der Waals surface area contributed by atoms with Crippen LogP contribution in [0.1, 0.15) is 23.1 Å². The van der Waals surface area contributed by atoms with Crippen LogP contribution in [0.25, 0.3) is 0 Å². The van der Waals surface area contributed by atoms with Gasteiger partial charge >= 0.3 is 0 Å². The average Bonchev–Trinajstić information content (AvgIpc) is 2.74. The van der Waals surface area contributed by atoms with E-state index in [-0.39, 0.29) is 18.2 Å². The minimum atomic E-state index is -0.0696. The zero-order valence-corrected chi connectivity index (χ0v) is 16.7. The molecule has 0 bridgehead atoms. The number of hydrogen-bond donors (Lipinski definition) is 2. The molecule has 3 rings (SSSR count). The maximum absolute atomic E-state index is 12.2. The molecule has 154 valence electrons. The zero-order valence-electron chi connectivity index (χ0n) is 16.7. The Bertz CT molecular complexity index is 789. The van der Waals surface area contributed by atoms with Crippen LogP contribution in [0.3, 0.4) is 0 Å². The Hall–Kier alpha value is -2.70. The van der Waals surface area contributed by atoms with E-state index in [0.717, 1.165) is 44.0 Å². The summed E-state index contributed by atoms with van der Waals surface area (Å²) < 4.78 is 5.41. The third kappa shape index (κ3) is 7.33. The molecule has 1 aliphatic heterocycles. The first-order chi connectivity index (χ1) is 14.2. The summed E-state index contributed by atoms with van der Waals surface area (Å²) in [5.41, 5.74) is 3.32. The van der Waals surface area contributed by atoms with Crippen LogP contribution < -0.4 is 10.6 Å². The number of benzene rings is 2. The molecular formula is C23H29N3O3. The van der Waals surface area contributed by atoms with Gasteiger partial charge in [0.1, 0.15) is 0 Å². The lowest BCUT2D eigenvalue weighted by atomic mass is 10.1. The molecule has 2 amide bonds. The molecule has 29 heavy (non-hydrogen) atoms. The molecule has 1 aliphatic rings. The lowest BCUT2D eigenvalue weighted by molar-refractivity contribution is -0.122. The largest absolute Gasteiger partial charge is 0.379 e. The van der Waals surface area contributed by atoms with Crippen molar-refractivity contribution in [3.05, 3.63) is 71.3 Å². The number of carbonyl (C=O) groups excluding carboxylic acids is 2. The average molecular weight is 396 g/mol. The summed E-state index contributed by atoms with van der Waals surface area (Å²) >= 11 is 0. The first kappa shape index (κ1) is 21.0. The first-order valence-corrected chi connectivity index (χ1v) is 10.1. The Morgan fingerprint density at radius 2 is 1.55 bits per heavy atom. The fourth-order valence-corrected chi connectivity index (χ4v) is 3.33. The van der Waals surface area contributed by atoms with Crippen LogP contribution in [-0.4, -0.2) is 49.6 Å². The maximum atomic E-state index is 12.2. The number of rotatable bonds is 9. The van der Waals surface area contributed by atoms with Gasteiger partial charge in [0.15, 0.2) is 0 Å². The number of hydrogen-bond acceptors (Lipinski definition) is 4. The van der Waals surface area contributed by atoms with Crippen LogP contribution in [0.4, 0.5) is 0 Å². The quantitative estimate of drug-likeness (QED) is 0.680. The van der Waals surface area contributed by atoms with Gasteiger partial charge in [-0.1, -0.05) is 54.6 Å². The number of carbonyl (C=O) groups is 2. The first-order valence-electron chi connectivity index (χ1n) is 10.1. The topological polar surface area (TPSA) is 70.7 Å². The molecule has 0 spiro atoms. The normalized spacial score (nSPS) is 14.3. The van der Waals surface area contributed by atoms with Crippen LogP contribution in [0.2, 0.25) is 0 Å². The minimum absolute atomic E-state index is 0.0637. The van der Waals surface area contributed by atoms with E-state index >= 15 is 0 Å². The molecule has 2 N–H and O–H groups in total. The number of morpholine rings is 1. The minimum Gasteiger partial charge on any atom is -0.379 e. The molecular weight excluding hydrogens is 366 g/mol. The highest BCUT2D eigenvalue weighted by atomic mass is 16.5. The Morgan fingerprint density at radius 1 is 0.862 bits per heavy atom. The smallest absolute Gasteiger partial charge is 0.224 e. The van der Waals surface area contributed by atoms with Crippen molar-refractivity contribution in [3.63, 3.8) is 0 Å². The predicted molar refractivity (Wildman–Crippen MR) is 112 cm³/mol. The fourth-order valence-electron chi connectivity index (χ4n) is 3.33. The van der Waals surface area contributed by atoms with Gasteiger partial charge in [0.05, 0.1) is 19.6 Å². The summed E-state index contributed by atoms with van der Waals surface area (Å²) in [6, 6.07) is 17.8. The fraction of sp³-hybridized carbons (Fsp3) is 0.391. The van der Waals surface area contributed by atoms with E-state index < -0.39 is 0 Å². The molecule has 0 radical (unpaired) electrons. The maximum Gasteiger partial charge on any atom is 0.224 e. The standard InChI is InChI=1S/C23H29N3O3/c27-22(10-11-24-23(28)16-19-6-2-1-3-7-19)25-17-20-8-4-5-9-21(20)18-26-12-14-29-15-13-26/h1-9H,10-18H2,(H,24,28)(H,25,27). The van der Waals surface area contributed by atoms with Crippen molar-refractivity contribution in [2.45, 2.75) is 25.9 Å². The van der Waals surface area contributed by atoms with Crippen LogP contribution in [0.5, 0.6) is 0 Å². The Kier molecular flexibility index (Phi) is 8.22. The molecule has 6 heteroatoms. The molecule has 1 heterocycles. The van der Waals surface area contributed by atoms with Crippen molar-refractivity contribution in [3.8, 4) is 0 Å². The van der Waals surface area contributed by atoms with E-state index in [2.05, 4.69) is 27.7 Å². The molecule has 2 aromatic rings. The Balaban J connectivity index is 1.38. The highest BCUT2D eigenvalue weighted by Gasteiger charge is 2.13. The molecule has 0 atom stereocenters. The van der Waals surface area contributed by atoms with Crippen molar-refractivity contribution in [1.82, 2.24) is 15.5 Å². The lowest BCUT2D eigenvalue weighted by Crippen LogP contribution is -2.36. The molecule has 2 aromatic carbocycles. The lowest BCUT2D eigenvalue weighted by Gasteiger charge is -2.27. The monoisotopic (exact) mass is 395 g/mol. The van der Waals surface area contributed by atoms with Crippen LogP contribution in [0.15, 0.2) is 54.6 Å². The second-order valence-electron chi connectivity index (χ2n) is 7.20. The van der Waals surface area contributed by atoms with Crippen molar-refractivity contribution in [2.75, 3.05) is 32.8 Å². The summed E-state index contributed by atoms with van der Waals surface area (Å²) in [6.07, 6.45) is 0.601. The van der Waals surface area contributed by atoms with Gasteiger partial charge < -0.3 is 15.4 Å². The number of nitrogens with one attached hydrogen (secondary N) is 2. The summed E-state index contributed by atoms with van der Waals surface area (Å²) in [5, 5.41) is 5.77. The molecule has 0 unspecified atom stereocenters. The van der Waals surface area contributed by atoms with E-state index in [1.807, 2.05) is 42.5 Å². The molecule has 1 saturated heterocycles. The zero-order chi connectivity index (χ0) is 20.3. The van der Waals surface area contributed by atoms with Crippen LogP contribution in [0, 0.1) is 0 Å². The van der Waals surface area contributed by atoms with Crippen LogP contribution in [-0.2, 0) is 33.8 Å². The van der Waals surface area contributed by atoms with Gasteiger partial charge in [-0.3, -0.25) is 14.5 Å². The Labute approximate surface area is 172 Å². The van der Waals surface area contributed by atoms with Gasteiger partial charge in [0.2, 0.25) is 11.8 Å². The molecule has 6 nitrogen and oxygen atoms in total. The molecule has 0 aliphatic carbocycles. The SMILES string of the molecule is O=C(CCNC(=O)Cc1ccccc1)NCc1ccccc1CN1CCOCC1.